The number of nitrogens with two attached hydrogens (primary N) is 1. The number of anilines is 2. The topological polar surface area (TPSA) is 171 Å². The van der Waals surface area contributed by atoms with Crippen LogP contribution in [0.2, 0.25) is 10.0 Å². The van der Waals surface area contributed by atoms with Gasteiger partial charge in [0, 0.05) is 6.54 Å². The third-order valence-electron chi connectivity index (χ3n) is 4.27. The van der Waals surface area contributed by atoms with Crippen molar-refractivity contribution in [3.63, 3.8) is 0 Å². The third kappa shape index (κ3) is 6.97. The number of halogens is 2. The Morgan fingerprint density at radius 1 is 1.00 bits per heavy atom. The highest BCUT2D eigenvalue weighted by Crippen LogP contribution is 2.37. The van der Waals surface area contributed by atoms with Crippen molar-refractivity contribution in [2.45, 2.75) is 30.2 Å². The number of benzene rings is 2. The maximum Gasteiger partial charge on any atom is 0.323 e. The fourth-order valence-electron chi connectivity index (χ4n) is 2.63. The molecule has 2 aromatic carbocycles. The van der Waals surface area contributed by atoms with Gasteiger partial charge in [-0.15, -0.1) is 0 Å². The number of carboxylic acid groups (broad SMARTS) is 1. The molecule has 0 saturated heterocycles. The minimum atomic E-state index is -4.23. The first kappa shape index (κ1) is 25.7. The van der Waals surface area contributed by atoms with Crippen molar-refractivity contribution in [2.75, 3.05) is 17.2 Å². The van der Waals surface area contributed by atoms with Crippen molar-refractivity contribution >= 4 is 56.6 Å². The van der Waals surface area contributed by atoms with E-state index >= 15 is 0 Å². The number of hydrogen-bond donors (Lipinski definition) is 6. The molecule has 2 rings (SSSR count). The quantitative estimate of drug-likeness (QED) is 0.213. The van der Waals surface area contributed by atoms with Gasteiger partial charge in [0.15, 0.2) is 5.75 Å². The number of carbonyl (C=O) groups excluding carboxylic acids is 1. The smallest absolute Gasteiger partial charge is 0.323 e. The van der Waals surface area contributed by atoms with Crippen LogP contribution < -0.4 is 21.1 Å². The number of aliphatic carboxylic acids is 1. The number of urea groups is 1. The van der Waals surface area contributed by atoms with E-state index in [1.807, 2.05) is 0 Å². The van der Waals surface area contributed by atoms with Gasteiger partial charge in [-0.1, -0.05) is 41.8 Å². The van der Waals surface area contributed by atoms with Crippen LogP contribution in [0.4, 0.5) is 16.2 Å². The van der Waals surface area contributed by atoms with E-state index in [-0.39, 0.29) is 23.7 Å². The van der Waals surface area contributed by atoms with Gasteiger partial charge in [0.1, 0.15) is 10.9 Å². The van der Waals surface area contributed by atoms with Gasteiger partial charge < -0.3 is 26.6 Å². The zero-order valence-corrected chi connectivity index (χ0v) is 19.0. The van der Waals surface area contributed by atoms with Crippen molar-refractivity contribution in [3.8, 4) is 5.75 Å². The summed E-state index contributed by atoms with van der Waals surface area (Å²) in [6.45, 7) is -0.0326. The van der Waals surface area contributed by atoms with Crippen LogP contribution in [0.25, 0.3) is 0 Å². The Morgan fingerprint density at radius 2 is 1.66 bits per heavy atom. The summed E-state index contributed by atoms with van der Waals surface area (Å²) in [4.78, 5) is 22.3. The van der Waals surface area contributed by atoms with Gasteiger partial charge in [0.25, 0.3) is 0 Å². The molecule has 0 aromatic heterocycles. The number of aromatic hydroxyl groups is 1. The molecule has 13 heteroatoms. The number of hydrogen-bond acceptors (Lipinski definition) is 6. The molecule has 10 nitrogen and oxygen atoms in total. The number of para-hydroxylation sites is 1. The van der Waals surface area contributed by atoms with Crippen molar-refractivity contribution in [1.29, 1.82) is 0 Å². The lowest BCUT2D eigenvalue weighted by atomic mass is 10.1. The van der Waals surface area contributed by atoms with E-state index in [1.165, 1.54) is 12.1 Å². The first-order valence-corrected chi connectivity index (χ1v) is 11.6. The van der Waals surface area contributed by atoms with Gasteiger partial charge in [-0.3, -0.25) is 4.79 Å². The van der Waals surface area contributed by atoms with Gasteiger partial charge in [0.05, 0.1) is 21.4 Å². The van der Waals surface area contributed by atoms with Gasteiger partial charge in [-0.25, -0.2) is 17.9 Å². The molecule has 0 saturated carbocycles. The lowest BCUT2D eigenvalue weighted by molar-refractivity contribution is -0.138. The van der Waals surface area contributed by atoms with E-state index in [1.54, 1.807) is 24.3 Å². The summed E-state index contributed by atoms with van der Waals surface area (Å²) in [5.74, 6) is -1.88. The molecule has 2 aromatic rings. The summed E-state index contributed by atoms with van der Waals surface area (Å²) in [6, 6.07) is 7.15. The minimum absolute atomic E-state index is 0.0326. The second-order valence-electron chi connectivity index (χ2n) is 6.67. The Balaban J connectivity index is 2.07. The predicted molar refractivity (Wildman–Crippen MR) is 122 cm³/mol. The molecule has 2 amide bonds. The van der Waals surface area contributed by atoms with Crippen molar-refractivity contribution in [3.05, 3.63) is 46.4 Å². The van der Waals surface area contributed by atoms with Crippen LogP contribution in [0.15, 0.2) is 41.3 Å². The molecule has 32 heavy (non-hydrogen) atoms. The summed E-state index contributed by atoms with van der Waals surface area (Å²) >= 11 is 12.0. The van der Waals surface area contributed by atoms with Crippen molar-refractivity contribution in [2.24, 2.45) is 5.73 Å². The number of unbranched alkanes of at least 4 members (excludes halogenated alkanes) is 1. The Morgan fingerprint density at radius 3 is 2.31 bits per heavy atom. The number of rotatable bonds is 10. The van der Waals surface area contributed by atoms with E-state index in [9.17, 15) is 23.1 Å². The van der Waals surface area contributed by atoms with Gasteiger partial charge in [0.2, 0.25) is 10.0 Å². The summed E-state index contributed by atoms with van der Waals surface area (Å²) in [7, 11) is -4.23. The second-order valence-corrected chi connectivity index (χ2v) is 9.19. The zero-order valence-electron chi connectivity index (χ0n) is 16.6. The number of carbonyl (C=O) groups is 2. The fraction of sp³-hybridized carbons (Fsp3) is 0.263. The summed E-state index contributed by atoms with van der Waals surface area (Å²) in [5.41, 5.74) is 5.52. The second kappa shape index (κ2) is 11.3. The first-order valence-electron chi connectivity index (χ1n) is 9.35. The van der Waals surface area contributed by atoms with Crippen LogP contribution in [-0.4, -0.2) is 43.2 Å². The Hall–Kier alpha value is -2.57. The normalized spacial score (nSPS) is 12.2. The summed E-state index contributed by atoms with van der Waals surface area (Å²) in [6.07, 6.45) is 0.874. The molecule has 0 heterocycles. The van der Waals surface area contributed by atoms with E-state index < -0.39 is 38.7 Å². The van der Waals surface area contributed by atoms with E-state index in [0.717, 1.165) is 0 Å². The van der Waals surface area contributed by atoms with E-state index in [4.69, 9.17) is 34.0 Å². The van der Waals surface area contributed by atoms with E-state index in [0.29, 0.717) is 23.6 Å². The lowest BCUT2D eigenvalue weighted by Crippen LogP contribution is -2.30. The molecular weight excluding hydrogens is 483 g/mol. The number of nitrogens with one attached hydrogen (secondary N) is 3. The lowest BCUT2D eigenvalue weighted by Gasteiger charge is -2.15. The number of phenolic OH excluding ortho intramolecular Hbond substituents is 1. The molecule has 174 valence electrons. The molecule has 1 unspecified atom stereocenters. The average molecular weight is 505 g/mol. The van der Waals surface area contributed by atoms with Crippen LogP contribution in [0, 0.1) is 0 Å². The van der Waals surface area contributed by atoms with Gasteiger partial charge in [-0.05, 0) is 37.1 Å². The molecule has 0 spiro atoms. The minimum Gasteiger partial charge on any atom is -0.504 e. The first-order chi connectivity index (χ1) is 15.0. The SMILES string of the molecule is NC(CCCCNS(=O)(=O)c1c(Cl)ccc(NC(=O)Nc2ccccc2Cl)c1O)C(=O)O. The van der Waals surface area contributed by atoms with Crippen LogP contribution in [0.5, 0.6) is 5.75 Å². The fourth-order valence-corrected chi connectivity index (χ4v) is 4.52. The van der Waals surface area contributed by atoms with Crippen molar-refractivity contribution in [1.82, 2.24) is 4.72 Å². The largest absolute Gasteiger partial charge is 0.504 e. The molecule has 0 aliphatic rings. The number of carboxylic acids is 1. The molecule has 0 aliphatic heterocycles. The Kier molecular flexibility index (Phi) is 9.10. The molecule has 7 N–H and O–H groups in total. The van der Waals surface area contributed by atoms with E-state index in [2.05, 4.69) is 15.4 Å². The average Bonchev–Trinajstić information content (AvgIpc) is 2.71. The predicted octanol–water partition coefficient (Wildman–Crippen LogP) is 3.20. The molecule has 0 fully saturated rings. The highest BCUT2D eigenvalue weighted by molar-refractivity contribution is 7.89. The summed E-state index contributed by atoms with van der Waals surface area (Å²) < 4.78 is 27.5. The summed E-state index contributed by atoms with van der Waals surface area (Å²) in [5, 5.41) is 24.1. The Labute approximate surface area is 194 Å². The monoisotopic (exact) mass is 504 g/mol. The molecule has 0 aliphatic carbocycles. The highest BCUT2D eigenvalue weighted by Gasteiger charge is 2.25. The number of sulfonamides is 1. The Bertz CT molecular complexity index is 1100. The van der Waals surface area contributed by atoms with Crippen LogP contribution in [0.3, 0.4) is 0 Å². The maximum absolute atomic E-state index is 12.6. The zero-order chi connectivity index (χ0) is 23.9. The maximum atomic E-state index is 12.6. The highest BCUT2D eigenvalue weighted by atomic mass is 35.5. The molecule has 1 atom stereocenters. The molecule has 0 bridgehead atoms. The van der Waals surface area contributed by atoms with Crippen molar-refractivity contribution < 1.29 is 28.2 Å². The van der Waals surface area contributed by atoms with Crippen LogP contribution >= 0.6 is 23.2 Å². The molecule has 0 radical (unpaired) electrons. The number of phenols is 1. The standard InChI is InChI=1S/C19H22Cl2N4O6S/c20-11-5-1-2-7-14(11)24-19(29)25-15-9-8-12(21)17(16(15)26)32(30,31)23-10-4-3-6-13(22)18(27)28/h1-2,5,7-9,13,23,26H,3-4,6,10,22H2,(H,27,28)(H2,24,25,29). The molecular formula is C19H22Cl2N4O6S. The van der Waals surface area contributed by atoms with Crippen LogP contribution in [-0.2, 0) is 14.8 Å². The number of amides is 2. The van der Waals surface area contributed by atoms with Gasteiger partial charge in [-0.2, -0.15) is 0 Å². The van der Waals surface area contributed by atoms with Crippen LogP contribution in [0.1, 0.15) is 19.3 Å². The third-order valence-corrected chi connectivity index (χ3v) is 6.57. The van der Waals surface area contributed by atoms with Gasteiger partial charge >= 0.3 is 12.0 Å².